The van der Waals surface area contributed by atoms with Crippen molar-refractivity contribution in [2.75, 3.05) is 13.7 Å². The second-order valence-electron chi connectivity index (χ2n) is 4.66. The second-order valence-corrected chi connectivity index (χ2v) is 4.66. The molecule has 0 aliphatic heterocycles. The van der Waals surface area contributed by atoms with Gasteiger partial charge >= 0.3 is 0 Å². The van der Waals surface area contributed by atoms with E-state index in [1.165, 1.54) is 25.3 Å². The minimum atomic E-state index is -0.403. The highest BCUT2D eigenvalue weighted by molar-refractivity contribution is 5.31. The van der Waals surface area contributed by atoms with Crippen LogP contribution in [0.5, 0.6) is 5.75 Å². The van der Waals surface area contributed by atoms with E-state index in [-0.39, 0.29) is 17.5 Å². The highest BCUT2D eigenvalue weighted by Crippen LogP contribution is 2.24. The van der Waals surface area contributed by atoms with E-state index in [0.717, 1.165) is 11.1 Å². The third-order valence-corrected chi connectivity index (χ3v) is 3.30. The Morgan fingerprint density at radius 3 is 2.55 bits per heavy atom. The van der Waals surface area contributed by atoms with Crippen LogP contribution in [0.15, 0.2) is 42.5 Å². The molecule has 0 radical (unpaired) electrons. The van der Waals surface area contributed by atoms with Crippen LogP contribution in [-0.2, 0) is 6.42 Å². The molecule has 2 aromatic rings. The van der Waals surface area contributed by atoms with Crippen molar-refractivity contribution in [1.29, 1.82) is 0 Å². The number of benzene rings is 2. The molecule has 20 heavy (non-hydrogen) atoms. The lowest BCUT2D eigenvalue weighted by Crippen LogP contribution is -2.15. The van der Waals surface area contributed by atoms with Gasteiger partial charge in [-0.05, 0) is 48.4 Å². The Labute approximate surface area is 117 Å². The van der Waals surface area contributed by atoms with Crippen LogP contribution >= 0.6 is 0 Å². The molecule has 0 heterocycles. The van der Waals surface area contributed by atoms with Crippen molar-refractivity contribution in [3.63, 3.8) is 0 Å². The molecule has 0 aliphatic rings. The molecular weight excluding hydrogens is 260 g/mol. The van der Waals surface area contributed by atoms with Gasteiger partial charge in [-0.3, -0.25) is 0 Å². The first kappa shape index (κ1) is 14.5. The van der Waals surface area contributed by atoms with Gasteiger partial charge in [0.05, 0.1) is 7.11 Å². The Hall–Kier alpha value is -1.94. The Kier molecular flexibility index (Phi) is 4.69. The molecule has 0 spiro atoms. The fourth-order valence-electron chi connectivity index (χ4n) is 2.22. The van der Waals surface area contributed by atoms with Gasteiger partial charge in [0.15, 0.2) is 11.6 Å². The fourth-order valence-corrected chi connectivity index (χ4v) is 2.22. The molecule has 1 unspecified atom stereocenters. The van der Waals surface area contributed by atoms with E-state index in [2.05, 4.69) is 0 Å². The van der Waals surface area contributed by atoms with Crippen LogP contribution < -0.4 is 10.5 Å². The third-order valence-electron chi connectivity index (χ3n) is 3.30. The van der Waals surface area contributed by atoms with Crippen molar-refractivity contribution < 1.29 is 13.5 Å². The van der Waals surface area contributed by atoms with Gasteiger partial charge in [0, 0.05) is 5.92 Å². The molecule has 0 saturated carbocycles. The first-order chi connectivity index (χ1) is 9.63. The summed E-state index contributed by atoms with van der Waals surface area (Å²) in [5.74, 6) is -0.524. The number of hydrogen-bond acceptors (Lipinski definition) is 2. The molecule has 0 aliphatic carbocycles. The van der Waals surface area contributed by atoms with Crippen molar-refractivity contribution in [3.8, 4) is 5.75 Å². The predicted octanol–water partition coefficient (Wildman–Crippen LogP) is 3.26. The van der Waals surface area contributed by atoms with Crippen LogP contribution in [0.1, 0.15) is 17.0 Å². The lowest BCUT2D eigenvalue weighted by Gasteiger charge is -2.16. The third kappa shape index (κ3) is 3.33. The molecule has 4 heteroatoms. The van der Waals surface area contributed by atoms with Crippen LogP contribution in [0.4, 0.5) is 8.78 Å². The average molecular weight is 277 g/mol. The SMILES string of the molecule is COc1ccc(CC(CN)c2cccc(F)c2)cc1F. The molecule has 0 fully saturated rings. The molecule has 2 aromatic carbocycles. The molecule has 0 aromatic heterocycles. The van der Waals surface area contributed by atoms with E-state index in [1.807, 2.05) is 6.07 Å². The van der Waals surface area contributed by atoms with Gasteiger partial charge < -0.3 is 10.5 Å². The maximum Gasteiger partial charge on any atom is 0.165 e. The lowest BCUT2D eigenvalue weighted by atomic mass is 9.92. The molecule has 0 bridgehead atoms. The van der Waals surface area contributed by atoms with Crippen molar-refractivity contribution in [2.24, 2.45) is 5.73 Å². The summed E-state index contributed by atoms with van der Waals surface area (Å²) in [5.41, 5.74) is 7.39. The van der Waals surface area contributed by atoms with Gasteiger partial charge in [-0.1, -0.05) is 18.2 Å². The van der Waals surface area contributed by atoms with Crippen LogP contribution in [0.3, 0.4) is 0 Å². The number of rotatable bonds is 5. The summed E-state index contributed by atoms with van der Waals surface area (Å²) in [6.07, 6.45) is 0.556. The summed E-state index contributed by atoms with van der Waals surface area (Å²) < 4.78 is 31.8. The summed E-state index contributed by atoms with van der Waals surface area (Å²) >= 11 is 0. The standard InChI is InChI=1S/C16H17F2NO/c1-20-16-6-5-11(8-15(16)18)7-13(10-19)12-3-2-4-14(17)9-12/h2-6,8-9,13H,7,10,19H2,1H3. The molecule has 106 valence electrons. The smallest absolute Gasteiger partial charge is 0.165 e. The summed E-state index contributed by atoms with van der Waals surface area (Å²) in [5, 5.41) is 0. The van der Waals surface area contributed by atoms with E-state index in [1.54, 1.807) is 18.2 Å². The minimum Gasteiger partial charge on any atom is -0.494 e. The minimum absolute atomic E-state index is 0.0431. The van der Waals surface area contributed by atoms with E-state index < -0.39 is 5.82 Å². The number of methoxy groups -OCH3 is 1. The monoisotopic (exact) mass is 277 g/mol. The highest BCUT2D eigenvalue weighted by atomic mass is 19.1. The quantitative estimate of drug-likeness (QED) is 0.910. The van der Waals surface area contributed by atoms with Crippen LogP contribution in [0.2, 0.25) is 0 Å². The molecule has 0 amide bonds. The zero-order valence-electron chi connectivity index (χ0n) is 11.3. The van der Waals surface area contributed by atoms with Crippen molar-refractivity contribution >= 4 is 0 Å². The van der Waals surface area contributed by atoms with Crippen LogP contribution in [0.25, 0.3) is 0 Å². The van der Waals surface area contributed by atoms with Crippen molar-refractivity contribution in [2.45, 2.75) is 12.3 Å². The molecule has 2 rings (SSSR count). The van der Waals surface area contributed by atoms with Gasteiger partial charge in [-0.15, -0.1) is 0 Å². The zero-order valence-corrected chi connectivity index (χ0v) is 11.3. The van der Waals surface area contributed by atoms with E-state index in [0.29, 0.717) is 13.0 Å². The molecule has 2 N–H and O–H groups in total. The van der Waals surface area contributed by atoms with Gasteiger partial charge in [0.25, 0.3) is 0 Å². The first-order valence-corrected chi connectivity index (χ1v) is 6.42. The Balaban J connectivity index is 2.20. The van der Waals surface area contributed by atoms with Crippen LogP contribution in [0, 0.1) is 11.6 Å². The van der Waals surface area contributed by atoms with Gasteiger partial charge in [-0.25, -0.2) is 8.78 Å². The van der Waals surface area contributed by atoms with E-state index >= 15 is 0 Å². The summed E-state index contributed by atoms with van der Waals surface area (Å²) in [6, 6.07) is 11.2. The lowest BCUT2D eigenvalue weighted by molar-refractivity contribution is 0.386. The topological polar surface area (TPSA) is 35.2 Å². The van der Waals surface area contributed by atoms with Crippen molar-refractivity contribution in [1.82, 2.24) is 0 Å². The maximum atomic E-state index is 13.7. The largest absolute Gasteiger partial charge is 0.494 e. The van der Waals surface area contributed by atoms with Gasteiger partial charge in [0.1, 0.15) is 5.82 Å². The Bertz CT molecular complexity index is 586. The Morgan fingerprint density at radius 2 is 1.95 bits per heavy atom. The predicted molar refractivity (Wildman–Crippen MR) is 74.9 cm³/mol. The number of nitrogens with two attached hydrogens (primary N) is 1. The van der Waals surface area contributed by atoms with Gasteiger partial charge in [-0.2, -0.15) is 0 Å². The van der Waals surface area contributed by atoms with E-state index in [9.17, 15) is 8.78 Å². The highest BCUT2D eigenvalue weighted by Gasteiger charge is 2.13. The summed E-state index contributed by atoms with van der Waals surface area (Å²) in [7, 11) is 1.42. The van der Waals surface area contributed by atoms with Crippen LogP contribution in [-0.4, -0.2) is 13.7 Å². The second kappa shape index (κ2) is 6.48. The summed E-state index contributed by atoms with van der Waals surface area (Å²) in [4.78, 5) is 0. The fraction of sp³-hybridized carbons (Fsp3) is 0.250. The Morgan fingerprint density at radius 1 is 1.15 bits per heavy atom. The first-order valence-electron chi connectivity index (χ1n) is 6.42. The van der Waals surface area contributed by atoms with Crippen molar-refractivity contribution in [3.05, 3.63) is 65.2 Å². The number of hydrogen-bond donors (Lipinski definition) is 1. The summed E-state index contributed by atoms with van der Waals surface area (Å²) in [6.45, 7) is 0.372. The zero-order chi connectivity index (χ0) is 14.5. The molecule has 1 atom stereocenters. The molecule has 2 nitrogen and oxygen atoms in total. The normalized spacial score (nSPS) is 12.2. The average Bonchev–Trinajstić information content (AvgIpc) is 2.45. The van der Waals surface area contributed by atoms with E-state index in [4.69, 9.17) is 10.5 Å². The molecular formula is C16H17F2NO. The number of halogens is 2. The molecule has 0 saturated heterocycles. The maximum absolute atomic E-state index is 13.7. The van der Waals surface area contributed by atoms with Gasteiger partial charge in [0.2, 0.25) is 0 Å². The number of ether oxygens (including phenoxy) is 1.